The van der Waals surface area contributed by atoms with Gasteiger partial charge in [0.1, 0.15) is 24.1 Å². The van der Waals surface area contributed by atoms with Crippen molar-refractivity contribution in [3.8, 4) is 11.5 Å². The van der Waals surface area contributed by atoms with Crippen LogP contribution in [0, 0.1) is 0 Å². The number of methoxy groups -OCH3 is 1. The fraction of sp³-hybridized carbons (Fsp3) is 0.375. The summed E-state index contributed by atoms with van der Waals surface area (Å²) in [6, 6.07) is 20.8. The lowest BCUT2D eigenvalue weighted by Gasteiger charge is -2.33. The van der Waals surface area contributed by atoms with Gasteiger partial charge in [-0.2, -0.15) is 0 Å². The number of anilines is 1. The minimum atomic E-state index is -4.14. The van der Waals surface area contributed by atoms with Gasteiger partial charge in [-0.1, -0.05) is 44.2 Å². The Bertz CT molecular complexity index is 1400. The van der Waals surface area contributed by atoms with E-state index in [1.165, 1.54) is 17.0 Å². The Morgan fingerprint density at radius 2 is 1.48 bits per heavy atom. The second-order valence-corrected chi connectivity index (χ2v) is 11.7. The molecule has 0 aromatic heterocycles. The first-order valence-corrected chi connectivity index (χ1v) is 15.6. The first-order valence-electron chi connectivity index (χ1n) is 14.2. The normalized spacial score (nSPS) is 12.6. The molecule has 0 fully saturated rings. The van der Waals surface area contributed by atoms with Crippen LogP contribution in [0.2, 0.25) is 0 Å². The fourth-order valence-corrected chi connectivity index (χ4v) is 5.85. The molecule has 3 aromatic rings. The van der Waals surface area contributed by atoms with Crippen molar-refractivity contribution in [2.75, 3.05) is 24.6 Å². The molecule has 0 saturated heterocycles. The average molecular weight is 596 g/mol. The van der Waals surface area contributed by atoms with Gasteiger partial charge in [-0.15, -0.1) is 0 Å². The van der Waals surface area contributed by atoms with Crippen LogP contribution in [0.5, 0.6) is 11.5 Å². The van der Waals surface area contributed by atoms with E-state index in [1.807, 2.05) is 39.8 Å². The summed E-state index contributed by atoms with van der Waals surface area (Å²) >= 11 is 0. The Balaban J connectivity index is 2.04. The molecule has 2 amide bonds. The Morgan fingerprint density at radius 3 is 2.02 bits per heavy atom. The maximum Gasteiger partial charge on any atom is 0.264 e. The predicted octanol–water partition coefficient (Wildman–Crippen LogP) is 5.01. The van der Waals surface area contributed by atoms with Crippen molar-refractivity contribution in [1.29, 1.82) is 0 Å². The molecule has 3 aromatic carbocycles. The summed E-state index contributed by atoms with van der Waals surface area (Å²) in [6.07, 6.45) is 1.08. The highest BCUT2D eigenvalue weighted by molar-refractivity contribution is 7.92. The van der Waals surface area contributed by atoms with Crippen LogP contribution in [0.25, 0.3) is 0 Å². The molecule has 3 rings (SSSR count). The molecule has 0 spiro atoms. The van der Waals surface area contributed by atoms with Crippen molar-refractivity contribution in [3.05, 3.63) is 84.4 Å². The largest absolute Gasteiger partial charge is 0.497 e. The third-order valence-corrected chi connectivity index (χ3v) is 8.73. The molecule has 0 aliphatic rings. The van der Waals surface area contributed by atoms with Crippen LogP contribution in [-0.2, 0) is 26.2 Å². The van der Waals surface area contributed by atoms with Crippen LogP contribution in [0.4, 0.5) is 5.69 Å². The van der Waals surface area contributed by atoms with E-state index in [2.05, 4.69) is 5.32 Å². The first kappa shape index (κ1) is 32.5. The van der Waals surface area contributed by atoms with E-state index in [4.69, 9.17) is 9.47 Å². The molecule has 10 heteroatoms. The quantitative estimate of drug-likeness (QED) is 0.265. The Kier molecular flexibility index (Phi) is 11.8. The van der Waals surface area contributed by atoms with Gasteiger partial charge in [0.15, 0.2) is 0 Å². The van der Waals surface area contributed by atoms with E-state index in [1.54, 1.807) is 61.7 Å². The number of hydrogen-bond donors (Lipinski definition) is 1. The summed E-state index contributed by atoms with van der Waals surface area (Å²) in [4.78, 5) is 29.0. The molecule has 0 heterocycles. The van der Waals surface area contributed by atoms with E-state index in [9.17, 15) is 18.0 Å². The van der Waals surface area contributed by atoms with Gasteiger partial charge < -0.3 is 19.7 Å². The van der Waals surface area contributed by atoms with Gasteiger partial charge in [0.2, 0.25) is 11.8 Å². The Labute approximate surface area is 249 Å². The van der Waals surface area contributed by atoms with Crippen molar-refractivity contribution in [3.63, 3.8) is 0 Å². The molecule has 9 nitrogen and oxygen atoms in total. The monoisotopic (exact) mass is 595 g/mol. The number of benzene rings is 3. The van der Waals surface area contributed by atoms with Crippen molar-refractivity contribution >= 4 is 27.5 Å². The van der Waals surface area contributed by atoms with Crippen LogP contribution in [-0.4, -0.2) is 57.5 Å². The predicted molar refractivity (Wildman–Crippen MR) is 164 cm³/mol. The van der Waals surface area contributed by atoms with Crippen molar-refractivity contribution < 1.29 is 27.5 Å². The summed E-state index contributed by atoms with van der Waals surface area (Å²) in [5, 5.41) is 2.98. The molecule has 0 aliphatic carbocycles. The maximum absolute atomic E-state index is 14.2. The minimum absolute atomic E-state index is 0.0509. The van der Waals surface area contributed by atoms with Crippen LogP contribution < -0.4 is 19.1 Å². The Hall–Kier alpha value is -4.05. The topological polar surface area (TPSA) is 105 Å². The second kappa shape index (κ2) is 15.3. The molecule has 42 heavy (non-hydrogen) atoms. The summed E-state index contributed by atoms with van der Waals surface area (Å²) in [7, 11) is -2.57. The zero-order valence-electron chi connectivity index (χ0n) is 24.9. The molecular formula is C32H41N3O6S. The van der Waals surface area contributed by atoms with Crippen molar-refractivity contribution in [1.82, 2.24) is 10.2 Å². The highest BCUT2D eigenvalue weighted by atomic mass is 32.2. The zero-order valence-corrected chi connectivity index (χ0v) is 25.8. The van der Waals surface area contributed by atoms with Gasteiger partial charge in [0, 0.05) is 12.6 Å². The lowest BCUT2D eigenvalue weighted by Crippen LogP contribution is -2.53. The van der Waals surface area contributed by atoms with E-state index in [0.717, 1.165) is 16.3 Å². The van der Waals surface area contributed by atoms with Gasteiger partial charge in [-0.05, 0) is 80.8 Å². The van der Waals surface area contributed by atoms with E-state index >= 15 is 0 Å². The number of amides is 2. The van der Waals surface area contributed by atoms with Crippen molar-refractivity contribution in [2.24, 2.45) is 0 Å². The molecule has 0 aliphatic heterocycles. The number of sulfonamides is 1. The standard InChI is InChI=1S/C32H41N3O6S/c1-6-24(4)33-32(37)30(7-2)34(22-25-14-18-27(40-5)19-15-25)31(36)23-35(26-16-20-28(21-17-26)41-8-3)42(38,39)29-12-10-9-11-13-29/h9-21,24,30H,6-8,22-23H2,1-5H3,(H,33,37)/t24-,30-/m0/s1. The molecule has 0 radical (unpaired) electrons. The zero-order chi connectivity index (χ0) is 30.7. The number of rotatable bonds is 15. The SMILES string of the molecule is CCOc1ccc(N(CC(=O)N(Cc2ccc(OC)cc2)[C@@H](CC)C(=O)N[C@@H](C)CC)S(=O)(=O)c2ccccc2)cc1. The van der Waals surface area contributed by atoms with Crippen LogP contribution in [0.1, 0.15) is 46.1 Å². The number of hydrogen-bond acceptors (Lipinski definition) is 6. The van der Waals surface area contributed by atoms with Gasteiger partial charge >= 0.3 is 0 Å². The molecule has 2 atom stereocenters. The van der Waals surface area contributed by atoms with E-state index in [0.29, 0.717) is 30.2 Å². The van der Waals surface area contributed by atoms with Crippen molar-refractivity contribution in [2.45, 2.75) is 64.1 Å². The van der Waals surface area contributed by atoms with E-state index in [-0.39, 0.29) is 23.4 Å². The van der Waals surface area contributed by atoms with Gasteiger partial charge in [-0.25, -0.2) is 8.42 Å². The third kappa shape index (κ3) is 8.25. The highest BCUT2D eigenvalue weighted by Gasteiger charge is 2.34. The number of carbonyl (C=O) groups excluding carboxylic acids is 2. The van der Waals surface area contributed by atoms with Gasteiger partial charge in [0.05, 0.1) is 24.3 Å². The van der Waals surface area contributed by atoms with E-state index < -0.39 is 28.5 Å². The molecule has 1 N–H and O–H groups in total. The molecule has 226 valence electrons. The summed E-state index contributed by atoms with van der Waals surface area (Å²) < 4.78 is 39.7. The molecule has 0 unspecified atom stereocenters. The van der Waals surface area contributed by atoms with Gasteiger partial charge in [0.25, 0.3) is 10.0 Å². The third-order valence-electron chi connectivity index (χ3n) is 6.94. The van der Waals surface area contributed by atoms with Crippen LogP contribution in [0.15, 0.2) is 83.8 Å². The average Bonchev–Trinajstić information content (AvgIpc) is 3.00. The number of nitrogens with one attached hydrogen (secondary N) is 1. The summed E-state index contributed by atoms with van der Waals surface area (Å²) in [6.45, 7) is 7.63. The lowest BCUT2D eigenvalue weighted by molar-refractivity contribution is -0.140. The number of nitrogens with zero attached hydrogens (tertiary/aromatic N) is 2. The van der Waals surface area contributed by atoms with Crippen LogP contribution in [0.3, 0.4) is 0 Å². The summed E-state index contributed by atoms with van der Waals surface area (Å²) in [5.41, 5.74) is 1.08. The first-order chi connectivity index (χ1) is 20.1. The fourth-order valence-electron chi connectivity index (χ4n) is 4.41. The molecule has 0 saturated carbocycles. The van der Waals surface area contributed by atoms with Gasteiger partial charge in [-0.3, -0.25) is 13.9 Å². The number of carbonyl (C=O) groups is 2. The second-order valence-electron chi connectivity index (χ2n) is 9.86. The molecule has 0 bridgehead atoms. The lowest BCUT2D eigenvalue weighted by atomic mass is 10.1. The molecular weight excluding hydrogens is 554 g/mol. The Morgan fingerprint density at radius 1 is 0.857 bits per heavy atom. The minimum Gasteiger partial charge on any atom is -0.497 e. The maximum atomic E-state index is 14.2. The smallest absolute Gasteiger partial charge is 0.264 e. The number of ether oxygens (including phenoxy) is 2. The highest BCUT2D eigenvalue weighted by Crippen LogP contribution is 2.27. The van der Waals surface area contributed by atoms with Crippen LogP contribution >= 0.6 is 0 Å². The summed E-state index contributed by atoms with van der Waals surface area (Å²) in [5.74, 6) is 0.449.